The first-order chi connectivity index (χ1) is 9.74. The number of carbonyl (C=O) groups is 1. The highest BCUT2D eigenvalue weighted by Gasteiger charge is 2.28. The topological polar surface area (TPSA) is 89.0 Å². The Bertz CT molecular complexity index is 531. The molecule has 0 aromatic carbocycles. The van der Waals surface area contributed by atoms with E-state index in [1.165, 1.54) is 11.8 Å². The zero-order valence-electron chi connectivity index (χ0n) is 11.1. The minimum absolute atomic E-state index is 0.0525. The molecule has 1 saturated carbocycles. The van der Waals surface area contributed by atoms with Crippen molar-refractivity contribution in [3.05, 3.63) is 10.5 Å². The van der Waals surface area contributed by atoms with Gasteiger partial charge in [0.2, 0.25) is 5.91 Å². The van der Waals surface area contributed by atoms with Crippen LogP contribution in [-0.2, 0) is 9.53 Å². The maximum absolute atomic E-state index is 11.8. The fourth-order valence-corrected chi connectivity index (χ4v) is 3.10. The van der Waals surface area contributed by atoms with Gasteiger partial charge < -0.3 is 10.1 Å². The van der Waals surface area contributed by atoms with Crippen molar-refractivity contribution in [2.75, 3.05) is 18.9 Å². The number of aromatic nitrogens is 3. The Balaban J connectivity index is 1.46. The molecule has 20 heavy (non-hydrogen) atoms. The summed E-state index contributed by atoms with van der Waals surface area (Å²) in [6.45, 7) is 1.35. The van der Waals surface area contributed by atoms with Crippen LogP contribution in [-0.4, -0.2) is 45.7 Å². The van der Waals surface area contributed by atoms with Crippen molar-refractivity contribution in [3.63, 3.8) is 0 Å². The second kappa shape index (κ2) is 6.01. The number of nitrogens with one attached hydrogen (secondary N) is 2. The number of nitrogens with zero attached hydrogens (tertiary/aromatic N) is 2. The summed E-state index contributed by atoms with van der Waals surface area (Å²) in [6.07, 6.45) is 4.25. The lowest BCUT2D eigenvalue weighted by atomic mass is 10.2. The van der Waals surface area contributed by atoms with E-state index in [0.29, 0.717) is 11.7 Å². The minimum atomic E-state index is -0.185. The van der Waals surface area contributed by atoms with Gasteiger partial charge in [-0.2, -0.15) is 0 Å². The average Bonchev–Trinajstić information content (AvgIpc) is 3.00. The molecular weight excluding hydrogens is 280 g/mol. The minimum Gasteiger partial charge on any atom is -0.376 e. The van der Waals surface area contributed by atoms with E-state index >= 15 is 0 Å². The fraction of sp³-hybridized carbons (Fsp3) is 0.750. The molecule has 8 heteroatoms. The van der Waals surface area contributed by atoms with Crippen LogP contribution in [0.4, 0.5) is 0 Å². The molecule has 2 heterocycles. The van der Waals surface area contributed by atoms with E-state index in [0.717, 1.165) is 32.3 Å². The lowest BCUT2D eigenvalue weighted by Gasteiger charge is -2.10. The van der Waals surface area contributed by atoms with Gasteiger partial charge in [-0.15, -0.1) is 5.10 Å². The highest BCUT2D eigenvalue weighted by molar-refractivity contribution is 7.99. The van der Waals surface area contributed by atoms with Crippen LogP contribution in [0, 0.1) is 0 Å². The van der Waals surface area contributed by atoms with E-state index in [9.17, 15) is 9.59 Å². The molecule has 3 rings (SSSR count). The molecule has 2 aliphatic rings. The molecule has 0 spiro atoms. The molecule has 1 amide bonds. The van der Waals surface area contributed by atoms with Crippen LogP contribution in [0.3, 0.4) is 0 Å². The summed E-state index contributed by atoms with van der Waals surface area (Å²) in [6, 6.07) is 0.263. The van der Waals surface area contributed by atoms with Crippen molar-refractivity contribution in [1.29, 1.82) is 0 Å². The number of aromatic amines is 1. The molecule has 7 nitrogen and oxygen atoms in total. The van der Waals surface area contributed by atoms with Crippen LogP contribution < -0.4 is 11.0 Å². The molecule has 1 atom stereocenters. The van der Waals surface area contributed by atoms with Gasteiger partial charge in [0.25, 0.3) is 0 Å². The van der Waals surface area contributed by atoms with Gasteiger partial charge in [-0.05, 0) is 25.7 Å². The Morgan fingerprint density at radius 1 is 1.50 bits per heavy atom. The Kier molecular flexibility index (Phi) is 4.11. The van der Waals surface area contributed by atoms with Crippen LogP contribution in [0.25, 0.3) is 0 Å². The number of thioether (sulfide) groups is 1. The Morgan fingerprint density at radius 2 is 2.35 bits per heavy atom. The van der Waals surface area contributed by atoms with Crippen molar-refractivity contribution in [2.45, 2.75) is 43.0 Å². The summed E-state index contributed by atoms with van der Waals surface area (Å²) >= 11 is 1.29. The van der Waals surface area contributed by atoms with Gasteiger partial charge in [-0.25, -0.2) is 9.89 Å². The van der Waals surface area contributed by atoms with Gasteiger partial charge in [0, 0.05) is 19.2 Å². The molecule has 110 valence electrons. The van der Waals surface area contributed by atoms with E-state index in [-0.39, 0.29) is 29.5 Å². The maximum atomic E-state index is 11.8. The zero-order valence-corrected chi connectivity index (χ0v) is 11.9. The smallest absolute Gasteiger partial charge is 0.344 e. The summed E-state index contributed by atoms with van der Waals surface area (Å²) in [7, 11) is 0. The van der Waals surface area contributed by atoms with Gasteiger partial charge in [-0.1, -0.05) is 11.8 Å². The van der Waals surface area contributed by atoms with Crippen molar-refractivity contribution in [3.8, 4) is 0 Å². The highest BCUT2D eigenvalue weighted by atomic mass is 32.2. The number of H-pyrrole nitrogens is 1. The number of carbonyl (C=O) groups excluding carboxylic acids is 1. The summed E-state index contributed by atoms with van der Waals surface area (Å²) < 4.78 is 7.09. The summed E-state index contributed by atoms with van der Waals surface area (Å²) in [5.74, 6) is 0.215. The standard InChI is InChI=1S/C12H18N4O3S/c17-10(13-6-9-2-1-5-19-9)7-20-12-15-14-11(18)16(12)8-3-4-8/h8-9H,1-7H2,(H,13,17)(H,14,18)/t9-/m0/s1. The van der Waals surface area contributed by atoms with Gasteiger partial charge in [0.15, 0.2) is 5.16 Å². The van der Waals surface area contributed by atoms with Crippen molar-refractivity contribution < 1.29 is 9.53 Å². The first kappa shape index (κ1) is 13.7. The molecule has 0 bridgehead atoms. The molecule has 0 radical (unpaired) electrons. The van der Waals surface area contributed by atoms with Crippen LogP contribution >= 0.6 is 11.8 Å². The van der Waals surface area contributed by atoms with Crippen molar-refractivity contribution in [2.24, 2.45) is 0 Å². The molecule has 1 aromatic heterocycles. The Morgan fingerprint density at radius 3 is 3.05 bits per heavy atom. The van der Waals surface area contributed by atoms with Crippen LogP contribution in [0.1, 0.15) is 31.7 Å². The number of rotatable bonds is 6. The van der Waals surface area contributed by atoms with Crippen molar-refractivity contribution in [1.82, 2.24) is 20.1 Å². The first-order valence-corrected chi connectivity index (χ1v) is 7.90. The molecule has 2 fully saturated rings. The number of hydrogen-bond donors (Lipinski definition) is 2. The number of ether oxygens (including phenoxy) is 1. The van der Waals surface area contributed by atoms with Crippen LogP contribution in [0.5, 0.6) is 0 Å². The third-order valence-electron chi connectivity index (χ3n) is 3.47. The Hall–Kier alpha value is -1.28. The van der Waals surface area contributed by atoms with E-state index < -0.39 is 0 Å². The van der Waals surface area contributed by atoms with Crippen LogP contribution in [0.15, 0.2) is 9.95 Å². The summed E-state index contributed by atoms with van der Waals surface area (Å²) in [4.78, 5) is 23.3. The normalized spacial score (nSPS) is 22.1. The lowest BCUT2D eigenvalue weighted by Crippen LogP contribution is -2.33. The molecule has 0 unspecified atom stereocenters. The fourth-order valence-electron chi connectivity index (χ4n) is 2.26. The predicted molar refractivity (Wildman–Crippen MR) is 73.8 cm³/mol. The molecule has 1 aromatic rings. The zero-order chi connectivity index (χ0) is 13.9. The summed E-state index contributed by atoms with van der Waals surface area (Å²) in [5, 5.41) is 9.87. The van der Waals surface area contributed by atoms with E-state index in [1.807, 2.05) is 0 Å². The third kappa shape index (κ3) is 3.24. The second-order valence-electron chi connectivity index (χ2n) is 5.14. The molecule has 1 aliphatic carbocycles. The molecule has 2 N–H and O–H groups in total. The monoisotopic (exact) mass is 298 g/mol. The first-order valence-electron chi connectivity index (χ1n) is 6.92. The number of amides is 1. The van der Waals surface area contributed by atoms with Crippen LogP contribution in [0.2, 0.25) is 0 Å². The Labute approximate surface area is 120 Å². The number of hydrogen-bond acceptors (Lipinski definition) is 5. The quantitative estimate of drug-likeness (QED) is 0.737. The van der Waals surface area contributed by atoms with Crippen molar-refractivity contribution >= 4 is 17.7 Å². The second-order valence-corrected chi connectivity index (χ2v) is 6.08. The third-order valence-corrected chi connectivity index (χ3v) is 4.42. The van der Waals surface area contributed by atoms with Gasteiger partial charge >= 0.3 is 5.69 Å². The van der Waals surface area contributed by atoms with Gasteiger partial charge in [-0.3, -0.25) is 9.36 Å². The summed E-state index contributed by atoms with van der Waals surface area (Å²) in [5.41, 5.74) is -0.185. The van der Waals surface area contributed by atoms with Gasteiger partial charge in [0.1, 0.15) is 0 Å². The molecular formula is C12H18N4O3S. The average molecular weight is 298 g/mol. The van der Waals surface area contributed by atoms with E-state index in [2.05, 4.69) is 15.5 Å². The maximum Gasteiger partial charge on any atom is 0.344 e. The lowest BCUT2D eigenvalue weighted by molar-refractivity contribution is -0.119. The molecule has 1 aliphatic heterocycles. The van der Waals surface area contributed by atoms with Gasteiger partial charge in [0.05, 0.1) is 11.9 Å². The van der Waals surface area contributed by atoms with E-state index in [1.54, 1.807) is 4.57 Å². The largest absolute Gasteiger partial charge is 0.376 e. The predicted octanol–water partition coefficient (Wildman–Crippen LogP) is 0.294. The molecule has 1 saturated heterocycles. The highest BCUT2D eigenvalue weighted by Crippen LogP contribution is 2.35. The van der Waals surface area contributed by atoms with E-state index in [4.69, 9.17) is 4.74 Å². The SMILES string of the molecule is O=C(CSc1n[nH]c(=O)n1C1CC1)NC[C@@H]1CCCO1.